The van der Waals surface area contributed by atoms with Crippen LogP contribution >= 0.6 is 0 Å². The molecular formula is C18H20O4. The molecule has 2 aromatic carbocycles. The van der Waals surface area contributed by atoms with Crippen molar-refractivity contribution in [3.8, 4) is 11.5 Å². The highest BCUT2D eigenvalue weighted by atomic mass is 16.5. The average molecular weight is 300 g/mol. The minimum atomic E-state index is -0.227. The second-order valence-corrected chi connectivity index (χ2v) is 4.77. The van der Waals surface area contributed by atoms with E-state index in [-0.39, 0.29) is 12.4 Å². The minimum Gasteiger partial charge on any atom is -0.497 e. The number of rotatable bonds is 7. The molecule has 116 valence electrons. The Bertz CT molecular complexity index is 605. The molecule has 2 aromatic rings. The molecule has 0 amide bonds. The summed E-state index contributed by atoms with van der Waals surface area (Å²) in [6.45, 7) is 2.66. The summed E-state index contributed by atoms with van der Waals surface area (Å²) in [6.07, 6.45) is 0.258. The van der Waals surface area contributed by atoms with Crippen molar-refractivity contribution in [1.82, 2.24) is 0 Å². The number of hydrogen-bond acceptors (Lipinski definition) is 4. The van der Waals surface area contributed by atoms with Crippen LogP contribution in [0.25, 0.3) is 0 Å². The first kappa shape index (κ1) is 15.9. The summed E-state index contributed by atoms with van der Waals surface area (Å²) in [5.41, 5.74) is 1.93. The number of carbonyl (C=O) groups excluding carboxylic acids is 1. The summed E-state index contributed by atoms with van der Waals surface area (Å²) in [7, 11) is 1.64. The Morgan fingerprint density at radius 1 is 1.00 bits per heavy atom. The normalized spacial score (nSPS) is 10.1. The molecule has 0 saturated carbocycles. The molecule has 0 atom stereocenters. The van der Waals surface area contributed by atoms with E-state index in [1.807, 2.05) is 48.5 Å². The van der Waals surface area contributed by atoms with Crippen molar-refractivity contribution in [3.63, 3.8) is 0 Å². The van der Waals surface area contributed by atoms with Gasteiger partial charge in [0.15, 0.2) is 0 Å². The molecule has 22 heavy (non-hydrogen) atoms. The van der Waals surface area contributed by atoms with Gasteiger partial charge in [-0.2, -0.15) is 0 Å². The predicted molar refractivity (Wildman–Crippen MR) is 84.1 cm³/mol. The molecular weight excluding hydrogens is 280 g/mol. The smallest absolute Gasteiger partial charge is 0.310 e. The van der Waals surface area contributed by atoms with Crippen LogP contribution in [0.2, 0.25) is 0 Å². The Kier molecular flexibility index (Phi) is 5.83. The molecule has 0 unspecified atom stereocenters. The van der Waals surface area contributed by atoms with Gasteiger partial charge in [-0.3, -0.25) is 4.79 Å². The number of carbonyl (C=O) groups is 1. The third kappa shape index (κ3) is 4.81. The fraction of sp³-hybridized carbons (Fsp3) is 0.278. The number of methoxy groups -OCH3 is 1. The van der Waals surface area contributed by atoms with Gasteiger partial charge in [0.25, 0.3) is 0 Å². The second kappa shape index (κ2) is 8.08. The highest BCUT2D eigenvalue weighted by Gasteiger charge is 2.05. The van der Waals surface area contributed by atoms with Crippen LogP contribution in [0.5, 0.6) is 11.5 Å². The molecule has 2 rings (SSSR count). The van der Waals surface area contributed by atoms with Gasteiger partial charge in [0.1, 0.15) is 18.1 Å². The van der Waals surface area contributed by atoms with E-state index in [0.29, 0.717) is 13.2 Å². The number of ether oxygens (including phenoxy) is 3. The summed E-state index contributed by atoms with van der Waals surface area (Å²) >= 11 is 0. The second-order valence-electron chi connectivity index (χ2n) is 4.77. The Labute approximate surface area is 130 Å². The van der Waals surface area contributed by atoms with E-state index in [9.17, 15) is 4.79 Å². The number of benzene rings is 2. The molecule has 0 bridgehead atoms. The molecule has 0 radical (unpaired) electrons. The van der Waals surface area contributed by atoms with Crippen LogP contribution in [0.3, 0.4) is 0 Å². The van der Waals surface area contributed by atoms with Crippen LogP contribution in [0.15, 0.2) is 48.5 Å². The molecule has 0 aliphatic carbocycles. The van der Waals surface area contributed by atoms with Gasteiger partial charge in [-0.05, 0) is 42.3 Å². The summed E-state index contributed by atoms with van der Waals surface area (Å²) < 4.78 is 15.8. The summed E-state index contributed by atoms with van der Waals surface area (Å²) in [5.74, 6) is 1.33. The quantitative estimate of drug-likeness (QED) is 0.735. The SMILES string of the molecule is CCOC(=O)Cc1cccc(OCc2ccc(OC)cc2)c1. The first-order chi connectivity index (χ1) is 10.7. The van der Waals surface area contributed by atoms with E-state index < -0.39 is 0 Å². The van der Waals surface area contributed by atoms with Gasteiger partial charge in [0.05, 0.1) is 20.1 Å². The van der Waals surface area contributed by atoms with Crippen molar-refractivity contribution in [2.45, 2.75) is 20.0 Å². The highest BCUT2D eigenvalue weighted by Crippen LogP contribution is 2.17. The maximum Gasteiger partial charge on any atom is 0.310 e. The fourth-order valence-corrected chi connectivity index (χ4v) is 2.01. The van der Waals surface area contributed by atoms with Gasteiger partial charge in [0.2, 0.25) is 0 Å². The number of hydrogen-bond donors (Lipinski definition) is 0. The first-order valence-electron chi connectivity index (χ1n) is 7.21. The standard InChI is InChI=1S/C18H20O4/c1-3-21-18(19)12-15-5-4-6-17(11-15)22-13-14-7-9-16(20-2)10-8-14/h4-11H,3,12-13H2,1-2H3. The zero-order chi connectivity index (χ0) is 15.8. The molecule has 0 fully saturated rings. The first-order valence-corrected chi connectivity index (χ1v) is 7.21. The topological polar surface area (TPSA) is 44.8 Å². The molecule has 4 nitrogen and oxygen atoms in total. The van der Waals surface area contributed by atoms with Crippen LogP contribution < -0.4 is 9.47 Å². The van der Waals surface area contributed by atoms with Crippen LogP contribution in [-0.2, 0) is 22.6 Å². The summed E-state index contributed by atoms with van der Waals surface area (Å²) in [5, 5.41) is 0. The maximum atomic E-state index is 11.5. The van der Waals surface area contributed by atoms with Crippen molar-refractivity contribution >= 4 is 5.97 Å². The number of esters is 1. The van der Waals surface area contributed by atoms with Gasteiger partial charge in [-0.25, -0.2) is 0 Å². The van der Waals surface area contributed by atoms with E-state index in [1.54, 1.807) is 14.0 Å². The monoisotopic (exact) mass is 300 g/mol. The van der Waals surface area contributed by atoms with Gasteiger partial charge >= 0.3 is 5.97 Å². The summed E-state index contributed by atoms with van der Waals surface area (Å²) in [6, 6.07) is 15.2. The van der Waals surface area contributed by atoms with Crippen LogP contribution in [0.4, 0.5) is 0 Å². The van der Waals surface area contributed by atoms with Gasteiger partial charge in [-0.1, -0.05) is 24.3 Å². The zero-order valence-corrected chi connectivity index (χ0v) is 12.9. The largest absolute Gasteiger partial charge is 0.497 e. The molecule has 0 heterocycles. The zero-order valence-electron chi connectivity index (χ0n) is 12.9. The van der Waals surface area contributed by atoms with Crippen LogP contribution in [-0.4, -0.2) is 19.7 Å². The Morgan fingerprint density at radius 2 is 1.77 bits per heavy atom. The lowest BCUT2D eigenvalue weighted by molar-refractivity contribution is -0.142. The molecule has 0 aromatic heterocycles. The van der Waals surface area contributed by atoms with Gasteiger partial charge in [-0.15, -0.1) is 0 Å². The third-order valence-electron chi connectivity index (χ3n) is 3.12. The van der Waals surface area contributed by atoms with Crippen molar-refractivity contribution < 1.29 is 19.0 Å². The molecule has 0 N–H and O–H groups in total. The molecule has 0 aliphatic rings. The summed E-state index contributed by atoms with van der Waals surface area (Å²) in [4.78, 5) is 11.5. The van der Waals surface area contributed by atoms with E-state index in [1.165, 1.54) is 0 Å². The molecule has 4 heteroatoms. The Morgan fingerprint density at radius 3 is 2.45 bits per heavy atom. The third-order valence-corrected chi connectivity index (χ3v) is 3.12. The lowest BCUT2D eigenvalue weighted by Crippen LogP contribution is -2.07. The molecule has 0 spiro atoms. The van der Waals surface area contributed by atoms with Crippen LogP contribution in [0.1, 0.15) is 18.1 Å². The molecule has 0 aliphatic heterocycles. The van der Waals surface area contributed by atoms with Crippen LogP contribution in [0, 0.1) is 0 Å². The lowest BCUT2D eigenvalue weighted by atomic mass is 10.1. The van der Waals surface area contributed by atoms with E-state index in [0.717, 1.165) is 22.6 Å². The fourth-order valence-electron chi connectivity index (χ4n) is 2.01. The Balaban J connectivity index is 1.93. The van der Waals surface area contributed by atoms with E-state index in [2.05, 4.69) is 0 Å². The minimum absolute atomic E-state index is 0.227. The van der Waals surface area contributed by atoms with Gasteiger partial charge in [0, 0.05) is 0 Å². The van der Waals surface area contributed by atoms with Crippen molar-refractivity contribution in [2.75, 3.05) is 13.7 Å². The van der Waals surface area contributed by atoms with Crippen molar-refractivity contribution in [1.29, 1.82) is 0 Å². The molecule has 0 saturated heterocycles. The maximum absolute atomic E-state index is 11.5. The Hall–Kier alpha value is -2.49. The predicted octanol–water partition coefficient (Wildman–Crippen LogP) is 3.38. The van der Waals surface area contributed by atoms with Gasteiger partial charge < -0.3 is 14.2 Å². The average Bonchev–Trinajstić information content (AvgIpc) is 2.54. The van der Waals surface area contributed by atoms with Crippen molar-refractivity contribution in [3.05, 3.63) is 59.7 Å². The lowest BCUT2D eigenvalue weighted by Gasteiger charge is -2.09. The van der Waals surface area contributed by atoms with E-state index >= 15 is 0 Å². The van der Waals surface area contributed by atoms with E-state index in [4.69, 9.17) is 14.2 Å². The highest BCUT2D eigenvalue weighted by molar-refractivity contribution is 5.72. The van der Waals surface area contributed by atoms with Crippen molar-refractivity contribution in [2.24, 2.45) is 0 Å².